The highest BCUT2D eigenvalue weighted by Crippen LogP contribution is 2.36. The molecule has 0 radical (unpaired) electrons. The lowest BCUT2D eigenvalue weighted by Gasteiger charge is -2.19. The summed E-state index contributed by atoms with van der Waals surface area (Å²) in [5.41, 5.74) is 1.14. The number of aliphatic hydroxyl groups is 3. The lowest BCUT2D eigenvalue weighted by Crippen LogP contribution is -2.23. The van der Waals surface area contributed by atoms with Gasteiger partial charge in [-0.1, -0.05) is 42.5 Å². The number of aliphatic hydroxyl groups excluding tert-OH is 3. The lowest BCUT2D eigenvalue weighted by molar-refractivity contribution is -0.139. The van der Waals surface area contributed by atoms with Crippen LogP contribution in [0, 0.1) is 11.8 Å². The van der Waals surface area contributed by atoms with Gasteiger partial charge in [0.1, 0.15) is 0 Å². The van der Waals surface area contributed by atoms with E-state index < -0.39 is 36.1 Å². The molecule has 0 heterocycles. The molecule has 1 saturated carbocycles. The molecule has 5 nitrogen and oxygen atoms in total. The standard InChI is InChI=1S/C18H24O5/c19-13(7-6-12-4-2-1-3-5-12)8-9-14-15(10-18(22)23)17(21)11-16(14)20/h1-5,8-9,13-17,19-21H,6-7,10-11H2,(H,22,23)/b9-8+/t13-,14+,15?,16+,17-/m0/s1. The second-order valence-electron chi connectivity index (χ2n) is 6.19. The van der Waals surface area contributed by atoms with Gasteiger partial charge in [0.15, 0.2) is 0 Å². The number of carbonyl (C=O) groups is 1. The first-order valence-corrected chi connectivity index (χ1v) is 7.95. The van der Waals surface area contributed by atoms with Crippen LogP contribution in [0.25, 0.3) is 0 Å². The Balaban J connectivity index is 1.90. The fraction of sp³-hybridized carbons (Fsp3) is 0.500. The van der Waals surface area contributed by atoms with Crippen LogP contribution in [0.5, 0.6) is 0 Å². The molecule has 23 heavy (non-hydrogen) atoms. The van der Waals surface area contributed by atoms with E-state index in [1.807, 2.05) is 30.3 Å². The molecule has 0 saturated heterocycles. The lowest BCUT2D eigenvalue weighted by atomic mass is 9.90. The molecule has 0 aliphatic heterocycles. The van der Waals surface area contributed by atoms with Crippen molar-refractivity contribution in [2.45, 2.75) is 44.0 Å². The maximum absolute atomic E-state index is 10.9. The van der Waals surface area contributed by atoms with Crippen molar-refractivity contribution in [2.75, 3.05) is 0 Å². The van der Waals surface area contributed by atoms with E-state index in [2.05, 4.69) is 0 Å². The molecule has 1 aromatic carbocycles. The molecule has 1 unspecified atom stereocenters. The molecule has 126 valence electrons. The summed E-state index contributed by atoms with van der Waals surface area (Å²) in [4.78, 5) is 10.9. The summed E-state index contributed by atoms with van der Waals surface area (Å²) in [5, 5.41) is 38.8. The van der Waals surface area contributed by atoms with Crippen LogP contribution < -0.4 is 0 Å². The summed E-state index contributed by atoms with van der Waals surface area (Å²) in [6, 6.07) is 9.83. The smallest absolute Gasteiger partial charge is 0.303 e. The maximum Gasteiger partial charge on any atom is 0.303 e. The van der Waals surface area contributed by atoms with Crippen LogP contribution in [0.2, 0.25) is 0 Å². The Morgan fingerprint density at radius 2 is 1.91 bits per heavy atom. The molecule has 0 amide bonds. The first-order valence-electron chi connectivity index (χ1n) is 7.95. The van der Waals surface area contributed by atoms with Crippen molar-refractivity contribution < 1.29 is 25.2 Å². The van der Waals surface area contributed by atoms with E-state index in [1.165, 1.54) is 0 Å². The molecule has 5 heteroatoms. The zero-order valence-electron chi connectivity index (χ0n) is 13.0. The highest BCUT2D eigenvalue weighted by atomic mass is 16.4. The molecule has 1 fully saturated rings. The quantitative estimate of drug-likeness (QED) is 0.569. The van der Waals surface area contributed by atoms with Crippen molar-refractivity contribution in [3.8, 4) is 0 Å². The van der Waals surface area contributed by atoms with Crippen LogP contribution in [-0.2, 0) is 11.2 Å². The summed E-state index contributed by atoms with van der Waals surface area (Å²) in [7, 11) is 0. The zero-order chi connectivity index (χ0) is 16.8. The fourth-order valence-electron chi connectivity index (χ4n) is 3.18. The van der Waals surface area contributed by atoms with E-state index in [4.69, 9.17) is 5.11 Å². The average molecular weight is 320 g/mol. The van der Waals surface area contributed by atoms with Gasteiger partial charge in [-0.3, -0.25) is 4.79 Å². The van der Waals surface area contributed by atoms with E-state index in [1.54, 1.807) is 12.2 Å². The van der Waals surface area contributed by atoms with E-state index in [9.17, 15) is 20.1 Å². The second kappa shape index (κ2) is 8.24. The Labute approximate surface area is 135 Å². The summed E-state index contributed by atoms with van der Waals surface area (Å²) in [5.74, 6) is -1.95. The molecule has 0 bridgehead atoms. The Morgan fingerprint density at radius 1 is 1.22 bits per heavy atom. The van der Waals surface area contributed by atoms with Crippen molar-refractivity contribution in [3.05, 3.63) is 48.0 Å². The van der Waals surface area contributed by atoms with Gasteiger partial charge in [-0.15, -0.1) is 0 Å². The van der Waals surface area contributed by atoms with Crippen molar-refractivity contribution in [1.29, 1.82) is 0 Å². The monoisotopic (exact) mass is 320 g/mol. The molecule has 2 rings (SSSR count). The van der Waals surface area contributed by atoms with Crippen LogP contribution >= 0.6 is 0 Å². The Morgan fingerprint density at radius 3 is 2.57 bits per heavy atom. The molecule has 1 aromatic rings. The Bertz CT molecular complexity index is 527. The van der Waals surface area contributed by atoms with E-state index >= 15 is 0 Å². The van der Waals surface area contributed by atoms with E-state index in [0.717, 1.165) is 12.0 Å². The molecule has 4 N–H and O–H groups in total. The third-order valence-corrected chi connectivity index (χ3v) is 4.45. The van der Waals surface area contributed by atoms with Gasteiger partial charge in [-0.2, -0.15) is 0 Å². The minimum atomic E-state index is -0.994. The highest BCUT2D eigenvalue weighted by molar-refractivity contribution is 5.67. The van der Waals surface area contributed by atoms with Crippen molar-refractivity contribution in [3.63, 3.8) is 0 Å². The largest absolute Gasteiger partial charge is 0.481 e. The van der Waals surface area contributed by atoms with Crippen molar-refractivity contribution in [2.24, 2.45) is 11.8 Å². The summed E-state index contributed by atoms with van der Waals surface area (Å²) in [6.07, 6.45) is 2.28. The number of benzene rings is 1. The number of aryl methyl sites for hydroxylation is 1. The second-order valence-corrected chi connectivity index (χ2v) is 6.19. The van der Waals surface area contributed by atoms with Gasteiger partial charge in [-0.25, -0.2) is 0 Å². The number of aliphatic carboxylic acids is 1. The third kappa shape index (κ3) is 5.16. The molecular weight excluding hydrogens is 296 g/mol. The van der Waals surface area contributed by atoms with Crippen molar-refractivity contribution >= 4 is 5.97 Å². The van der Waals surface area contributed by atoms with Crippen LogP contribution in [0.4, 0.5) is 0 Å². The molecule has 0 aromatic heterocycles. The minimum Gasteiger partial charge on any atom is -0.481 e. The zero-order valence-corrected chi connectivity index (χ0v) is 13.0. The van der Waals surface area contributed by atoms with Crippen LogP contribution in [0.15, 0.2) is 42.5 Å². The minimum absolute atomic E-state index is 0.174. The Hall–Kier alpha value is -1.69. The van der Waals surface area contributed by atoms with Gasteiger partial charge in [0.25, 0.3) is 0 Å². The number of hydrogen-bond donors (Lipinski definition) is 4. The van der Waals surface area contributed by atoms with Crippen LogP contribution in [0.1, 0.15) is 24.8 Å². The van der Waals surface area contributed by atoms with Gasteiger partial charge in [0, 0.05) is 18.3 Å². The molecule has 1 aliphatic rings. The van der Waals surface area contributed by atoms with Crippen LogP contribution in [-0.4, -0.2) is 44.7 Å². The average Bonchev–Trinajstić information content (AvgIpc) is 2.77. The fourth-order valence-corrected chi connectivity index (χ4v) is 3.18. The van der Waals surface area contributed by atoms with Crippen LogP contribution in [0.3, 0.4) is 0 Å². The van der Waals surface area contributed by atoms with E-state index in [0.29, 0.717) is 6.42 Å². The summed E-state index contributed by atoms with van der Waals surface area (Å²) >= 11 is 0. The predicted molar refractivity (Wildman–Crippen MR) is 85.8 cm³/mol. The summed E-state index contributed by atoms with van der Waals surface area (Å²) in [6.45, 7) is 0. The first-order chi connectivity index (χ1) is 11.0. The SMILES string of the molecule is O=C(O)CC1[C@@H](/C=C/[C@@H](O)CCc2ccccc2)[C@H](O)C[C@@H]1O. The third-order valence-electron chi connectivity index (χ3n) is 4.45. The van der Waals surface area contributed by atoms with E-state index in [-0.39, 0.29) is 12.8 Å². The number of hydrogen-bond acceptors (Lipinski definition) is 4. The summed E-state index contributed by atoms with van der Waals surface area (Å²) < 4.78 is 0. The van der Waals surface area contributed by atoms with Gasteiger partial charge in [0.05, 0.1) is 24.7 Å². The molecule has 1 aliphatic carbocycles. The Kier molecular flexibility index (Phi) is 6.33. The maximum atomic E-state index is 10.9. The normalized spacial score (nSPS) is 29.0. The predicted octanol–water partition coefficient (Wildman–Crippen LogP) is 1.37. The van der Waals surface area contributed by atoms with Crippen molar-refractivity contribution in [1.82, 2.24) is 0 Å². The number of carboxylic acid groups (broad SMARTS) is 1. The van der Waals surface area contributed by atoms with Gasteiger partial charge >= 0.3 is 5.97 Å². The first kappa shape index (κ1) is 17.7. The van der Waals surface area contributed by atoms with Gasteiger partial charge in [-0.05, 0) is 18.4 Å². The topological polar surface area (TPSA) is 98.0 Å². The highest BCUT2D eigenvalue weighted by Gasteiger charge is 2.41. The number of carboxylic acids is 1. The van der Waals surface area contributed by atoms with Gasteiger partial charge < -0.3 is 20.4 Å². The van der Waals surface area contributed by atoms with Gasteiger partial charge in [0.2, 0.25) is 0 Å². The number of rotatable bonds is 7. The molecular formula is C18H24O5. The molecule has 0 spiro atoms. The molecule has 5 atom stereocenters.